The van der Waals surface area contributed by atoms with Gasteiger partial charge in [-0.25, -0.2) is 5.43 Å². The number of amides is 2. The Bertz CT molecular complexity index is 276. The van der Waals surface area contributed by atoms with E-state index in [9.17, 15) is 9.59 Å². The lowest BCUT2D eigenvalue weighted by Gasteiger charge is -2.10. The lowest BCUT2D eigenvalue weighted by molar-refractivity contribution is -0.139. The number of hydrazone groups is 1. The Morgan fingerprint density at radius 3 is 2.27 bits per heavy atom. The zero-order chi connectivity index (χ0) is 11.3. The van der Waals surface area contributed by atoms with Gasteiger partial charge in [0.2, 0.25) is 0 Å². The molecule has 2 amide bonds. The highest BCUT2D eigenvalue weighted by Gasteiger charge is 2.20. The first-order valence-electron chi connectivity index (χ1n) is 5.21. The van der Waals surface area contributed by atoms with Gasteiger partial charge < -0.3 is 5.32 Å². The molecule has 5 nitrogen and oxygen atoms in total. The van der Waals surface area contributed by atoms with E-state index >= 15 is 0 Å². The zero-order valence-corrected chi connectivity index (χ0v) is 9.17. The van der Waals surface area contributed by atoms with Crippen molar-refractivity contribution in [3.63, 3.8) is 0 Å². The Morgan fingerprint density at radius 1 is 1.13 bits per heavy atom. The maximum atomic E-state index is 11.3. The van der Waals surface area contributed by atoms with E-state index in [1.165, 1.54) is 0 Å². The van der Waals surface area contributed by atoms with Gasteiger partial charge in [0.1, 0.15) is 0 Å². The monoisotopic (exact) mass is 211 g/mol. The van der Waals surface area contributed by atoms with Crippen LogP contribution in [0, 0.1) is 0 Å². The number of carbonyl (C=O) groups excluding carboxylic acids is 2. The van der Waals surface area contributed by atoms with Gasteiger partial charge >= 0.3 is 11.8 Å². The summed E-state index contributed by atoms with van der Waals surface area (Å²) < 4.78 is 0. The first-order chi connectivity index (χ1) is 7.09. The van der Waals surface area contributed by atoms with Crippen LogP contribution in [0.1, 0.15) is 39.5 Å². The standard InChI is InChI=1S/C10H17N3O2/c1-7(2)12-13-10(15)9(14)11-8-5-3-4-6-8/h8H,3-6H2,1-2H3,(H,11,14)(H,13,15). The maximum Gasteiger partial charge on any atom is 0.329 e. The van der Waals surface area contributed by atoms with Crippen molar-refractivity contribution in [2.45, 2.75) is 45.6 Å². The van der Waals surface area contributed by atoms with Crippen LogP contribution < -0.4 is 10.7 Å². The molecular weight excluding hydrogens is 194 g/mol. The normalized spacial score (nSPS) is 15.9. The average molecular weight is 211 g/mol. The molecule has 0 aromatic rings. The molecular formula is C10H17N3O2. The van der Waals surface area contributed by atoms with Crippen molar-refractivity contribution in [2.24, 2.45) is 5.10 Å². The first-order valence-corrected chi connectivity index (χ1v) is 5.21. The van der Waals surface area contributed by atoms with Crippen LogP contribution in [0.25, 0.3) is 0 Å². The predicted molar refractivity (Wildman–Crippen MR) is 57.3 cm³/mol. The minimum absolute atomic E-state index is 0.162. The predicted octanol–water partition coefficient (Wildman–Crippen LogP) is 0.557. The van der Waals surface area contributed by atoms with Crippen molar-refractivity contribution in [3.8, 4) is 0 Å². The second-order valence-electron chi connectivity index (χ2n) is 3.95. The zero-order valence-electron chi connectivity index (χ0n) is 9.17. The minimum Gasteiger partial charge on any atom is -0.345 e. The molecule has 15 heavy (non-hydrogen) atoms. The van der Waals surface area contributed by atoms with E-state index in [-0.39, 0.29) is 6.04 Å². The lowest BCUT2D eigenvalue weighted by Crippen LogP contribution is -2.42. The molecule has 0 radical (unpaired) electrons. The third-order valence-corrected chi connectivity index (χ3v) is 2.28. The number of carbonyl (C=O) groups is 2. The topological polar surface area (TPSA) is 70.6 Å². The van der Waals surface area contributed by atoms with Crippen molar-refractivity contribution >= 4 is 17.5 Å². The summed E-state index contributed by atoms with van der Waals surface area (Å²) in [4.78, 5) is 22.5. The molecule has 1 rings (SSSR count). The van der Waals surface area contributed by atoms with Crippen LogP contribution >= 0.6 is 0 Å². The largest absolute Gasteiger partial charge is 0.345 e. The van der Waals surface area contributed by atoms with Crippen molar-refractivity contribution < 1.29 is 9.59 Å². The Hall–Kier alpha value is -1.39. The fourth-order valence-electron chi connectivity index (χ4n) is 1.53. The highest BCUT2D eigenvalue weighted by Crippen LogP contribution is 2.17. The fourth-order valence-corrected chi connectivity index (χ4v) is 1.53. The van der Waals surface area contributed by atoms with E-state index in [0.717, 1.165) is 25.7 Å². The van der Waals surface area contributed by atoms with Crippen LogP contribution in [0.5, 0.6) is 0 Å². The minimum atomic E-state index is -0.692. The fraction of sp³-hybridized carbons (Fsp3) is 0.700. The van der Waals surface area contributed by atoms with E-state index in [4.69, 9.17) is 0 Å². The van der Waals surface area contributed by atoms with Gasteiger partial charge in [-0.2, -0.15) is 5.10 Å². The van der Waals surface area contributed by atoms with E-state index in [1.807, 2.05) is 0 Å². The number of nitrogens with zero attached hydrogens (tertiary/aromatic N) is 1. The smallest absolute Gasteiger partial charge is 0.329 e. The summed E-state index contributed by atoms with van der Waals surface area (Å²) in [7, 11) is 0. The molecule has 5 heteroatoms. The molecule has 0 saturated heterocycles. The van der Waals surface area contributed by atoms with Crippen LogP contribution in [-0.4, -0.2) is 23.6 Å². The lowest BCUT2D eigenvalue weighted by atomic mass is 10.2. The SMILES string of the molecule is CC(C)=NNC(=O)C(=O)NC1CCCC1. The summed E-state index contributed by atoms with van der Waals surface area (Å²) in [5, 5.41) is 6.36. The van der Waals surface area contributed by atoms with E-state index < -0.39 is 11.8 Å². The molecule has 1 fully saturated rings. The Balaban J connectivity index is 2.32. The first kappa shape index (κ1) is 11.7. The molecule has 1 saturated carbocycles. The maximum absolute atomic E-state index is 11.3. The molecule has 1 aliphatic carbocycles. The highest BCUT2D eigenvalue weighted by molar-refractivity contribution is 6.35. The quantitative estimate of drug-likeness (QED) is 0.398. The molecule has 0 atom stereocenters. The summed E-state index contributed by atoms with van der Waals surface area (Å²) >= 11 is 0. The van der Waals surface area contributed by atoms with Gasteiger partial charge in [-0.3, -0.25) is 9.59 Å². The molecule has 1 aliphatic rings. The van der Waals surface area contributed by atoms with Gasteiger partial charge in [0.15, 0.2) is 0 Å². The van der Waals surface area contributed by atoms with Gasteiger partial charge in [-0.05, 0) is 26.7 Å². The number of hydrogen-bond acceptors (Lipinski definition) is 3. The summed E-state index contributed by atoms with van der Waals surface area (Å²) in [6.07, 6.45) is 4.18. The Kier molecular flexibility index (Phi) is 4.27. The summed E-state index contributed by atoms with van der Waals surface area (Å²) in [5.74, 6) is -1.28. The van der Waals surface area contributed by atoms with Gasteiger partial charge in [0, 0.05) is 11.8 Å². The molecule has 84 valence electrons. The van der Waals surface area contributed by atoms with Gasteiger partial charge in [-0.1, -0.05) is 12.8 Å². The van der Waals surface area contributed by atoms with E-state index in [0.29, 0.717) is 5.71 Å². The Morgan fingerprint density at radius 2 is 1.73 bits per heavy atom. The molecule has 0 spiro atoms. The molecule has 2 N–H and O–H groups in total. The van der Waals surface area contributed by atoms with Crippen molar-refractivity contribution in [1.82, 2.24) is 10.7 Å². The van der Waals surface area contributed by atoms with Gasteiger partial charge in [-0.15, -0.1) is 0 Å². The van der Waals surface area contributed by atoms with Crippen LogP contribution in [0.3, 0.4) is 0 Å². The number of rotatable bonds is 2. The second-order valence-corrected chi connectivity index (χ2v) is 3.95. The van der Waals surface area contributed by atoms with E-state index in [2.05, 4.69) is 15.8 Å². The van der Waals surface area contributed by atoms with Gasteiger partial charge in [0.05, 0.1) is 0 Å². The third-order valence-electron chi connectivity index (χ3n) is 2.28. The van der Waals surface area contributed by atoms with Crippen molar-refractivity contribution in [3.05, 3.63) is 0 Å². The van der Waals surface area contributed by atoms with E-state index in [1.54, 1.807) is 13.8 Å². The molecule has 0 aromatic heterocycles. The van der Waals surface area contributed by atoms with Gasteiger partial charge in [0.25, 0.3) is 0 Å². The second kappa shape index (κ2) is 5.48. The molecule has 0 aliphatic heterocycles. The molecule has 0 aromatic carbocycles. The van der Waals surface area contributed by atoms with Crippen molar-refractivity contribution in [2.75, 3.05) is 0 Å². The highest BCUT2D eigenvalue weighted by atomic mass is 16.2. The van der Waals surface area contributed by atoms with Crippen LogP contribution in [0.4, 0.5) is 0 Å². The van der Waals surface area contributed by atoms with Crippen LogP contribution in [0.15, 0.2) is 5.10 Å². The van der Waals surface area contributed by atoms with Crippen LogP contribution in [-0.2, 0) is 9.59 Å². The number of hydrogen-bond donors (Lipinski definition) is 2. The Labute approximate surface area is 89.3 Å². The molecule has 0 bridgehead atoms. The number of nitrogens with one attached hydrogen (secondary N) is 2. The molecule has 0 unspecified atom stereocenters. The average Bonchev–Trinajstić information content (AvgIpc) is 2.66. The summed E-state index contributed by atoms with van der Waals surface area (Å²) in [5.41, 5.74) is 2.90. The molecule has 0 heterocycles. The van der Waals surface area contributed by atoms with Crippen molar-refractivity contribution in [1.29, 1.82) is 0 Å². The van der Waals surface area contributed by atoms with Crippen LogP contribution in [0.2, 0.25) is 0 Å². The summed E-state index contributed by atoms with van der Waals surface area (Å²) in [6, 6.07) is 0.162. The third kappa shape index (κ3) is 4.10. The summed E-state index contributed by atoms with van der Waals surface area (Å²) in [6.45, 7) is 3.49.